The zero-order valence-electron chi connectivity index (χ0n) is 18.5. The van der Waals surface area contributed by atoms with Crippen molar-refractivity contribution in [2.45, 2.75) is 57.5 Å². The van der Waals surface area contributed by atoms with E-state index in [1.165, 1.54) is 12.1 Å². The lowest BCUT2D eigenvalue weighted by atomic mass is 10.2. The van der Waals surface area contributed by atoms with Crippen molar-refractivity contribution in [3.63, 3.8) is 0 Å². The quantitative estimate of drug-likeness (QED) is 0.445. The number of amides is 2. The Hall–Kier alpha value is -1.90. The van der Waals surface area contributed by atoms with Crippen LogP contribution in [0.15, 0.2) is 53.4 Å². The maximum absolute atomic E-state index is 13.8. The normalized spacial score (nSPS) is 13.2. The fourth-order valence-corrected chi connectivity index (χ4v) is 6.10. The summed E-state index contributed by atoms with van der Waals surface area (Å²) in [4.78, 5) is 12.6. The smallest absolute Gasteiger partial charge is 0.319 e. The van der Waals surface area contributed by atoms with Crippen molar-refractivity contribution in [1.82, 2.24) is 10.0 Å². The average Bonchev–Trinajstić information content (AvgIpc) is 2.65. The van der Waals surface area contributed by atoms with E-state index in [0.29, 0.717) is 10.6 Å². The molecule has 2 aromatic carbocycles. The first kappa shape index (κ1) is 26.4. The van der Waals surface area contributed by atoms with Crippen molar-refractivity contribution in [3.05, 3.63) is 64.7 Å². The molecule has 0 saturated heterocycles. The van der Waals surface area contributed by atoms with Gasteiger partial charge in [0.1, 0.15) is 0 Å². The summed E-state index contributed by atoms with van der Waals surface area (Å²) in [6.45, 7) is 8.52. The lowest BCUT2D eigenvalue weighted by molar-refractivity contribution is 0.134. The van der Waals surface area contributed by atoms with Crippen molar-refractivity contribution in [2.75, 3.05) is 0 Å². The van der Waals surface area contributed by atoms with Gasteiger partial charge in [0.25, 0.3) is 10.0 Å². The summed E-state index contributed by atoms with van der Waals surface area (Å²) in [6.07, 6.45) is -0.980. The number of carbonyl (C=O) groups is 1. The highest BCUT2D eigenvalue weighted by molar-refractivity contribution is 7.90. The first-order valence-electron chi connectivity index (χ1n) is 9.94. The SMILES string of the molecule is Cc1ccc(S(=O)(=O)NC(=O)NC(c2ccc(Cl)cc2)P(=O)(OC(C)C)OC(C)C)cc1. The van der Waals surface area contributed by atoms with E-state index in [0.717, 1.165) is 5.56 Å². The number of sulfonamides is 1. The predicted molar refractivity (Wildman–Crippen MR) is 124 cm³/mol. The number of halogens is 1. The Labute approximate surface area is 194 Å². The Morgan fingerprint density at radius 2 is 1.44 bits per heavy atom. The largest absolute Gasteiger partial charge is 0.357 e. The molecule has 176 valence electrons. The van der Waals surface area contributed by atoms with Crippen molar-refractivity contribution in [1.29, 1.82) is 0 Å². The van der Waals surface area contributed by atoms with Gasteiger partial charge in [0.05, 0.1) is 17.1 Å². The van der Waals surface area contributed by atoms with Crippen molar-refractivity contribution >= 4 is 35.3 Å². The Bertz CT molecular complexity index is 1060. The van der Waals surface area contributed by atoms with Crippen molar-refractivity contribution < 1.29 is 26.8 Å². The molecule has 32 heavy (non-hydrogen) atoms. The van der Waals surface area contributed by atoms with E-state index in [1.807, 2.05) is 11.6 Å². The van der Waals surface area contributed by atoms with Crippen LogP contribution in [0.25, 0.3) is 0 Å². The fraction of sp³-hybridized carbons (Fsp3) is 0.381. The van der Waals surface area contributed by atoms with Crippen molar-refractivity contribution in [2.24, 2.45) is 0 Å². The summed E-state index contributed by atoms with van der Waals surface area (Å²) in [7, 11) is -8.14. The molecule has 2 rings (SSSR count). The maximum atomic E-state index is 13.8. The van der Waals surface area contributed by atoms with E-state index in [1.54, 1.807) is 64.1 Å². The summed E-state index contributed by atoms with van der Waals surface area (Å²) < 4.78 is 52.2. The average molecular weight is 503 g/mol. The van der Waals surface area contributed by atoms with Crippen LogP contribution in [0.5, 0.6) is 0 Å². The number of hydrogen-bond donors (Lipinski definition) is 2. The minimum atomic E-state index is -4.16. The number of carbonyl (C=O) groups excluding carboxylic acids is 1. The molecule has 0 aliphatic carbocycles. The number of rotatable bonds is 9. The molecule has 0 spiro atoms. The molecule has 0 heterocycles. The van der Waals surface area contributed by atoms with E-state index >= 15 is 0 Å². The van der Waals surface area contributed by atoms with Crippen LogP contribution in [-0.4, -0.2) is 26.7 Å². The fourth-order valence-electron chi connectivity index (χ4n) is 2.78. The maximum Gasteiger partial charge on any atom is 0.357 e. The summed E-state index contributed by atoms with van der Waals surface area (Å²) in [5.41, 5.74) is 1.25. The molecule has 0 radical (unpaired) electrons. The second kappa shape index (κ2) is 10.8. The van der Waals surface area contributed by atoms with Gasteiger partial charge >= 0.3 is 13.6 Å². The lowest BCUT2D eigenvalue weighted by Gasteiger charge is -2.30. The predicted octanol–water partition coefficient (Wildman–Crippen LogP) is 5.38. The Balaban J connectivity index is 2.39. The molecule has 2 aromatic rings. The monoisotopic (exact) mass is 502 g/mol. The van der Waals surface area contributed by atoms with Gasteiger partial charge in [0.2, 0.25) is 0 Å². The van der Waals surface area contributed by atoms with E-state index < -0.39 is 41.6 Å². The zero-order valence-corrected chi connectivity index (χ0v) is 21.0. The molecule has 1 atom stereocenters. The van der Waals surface area contributed by atoms with Crippen LogP contribution in [0, 0.1) is 6.92 Å². The zero-order chi connectivity index (χ0) is 24.1. The van der Waals surface area contributed by atoms with Crippen molar-refractivity contribution in [3.8, 4) is 0 Å². The molecule has 0 bridgehead atoms. The molecule has 8 nitrogen and oxygen atoms in total. The summed E-state index contributed by atoms with van der Waals surface area (Å²) >= 11 is 5.96. The first-order valence-corrected chi connectivity index (χ1v) is 13.4. The number of aryl methyl sites for hydroxylation is 1. The van der Waals surface area contributed by atoms with Crippen LogP contribution < -0.4 is 10.0 Å². The van der Waals surface area contributed by atoms with Gasteiger partial charge < -0.3 is 14.4 Å². The molecular formula is C21H28ClN2O6PS. The van der Waals surface area contributed by atoms with E-state index in [-0.39, 0.29) is 4.90 Å². The second-order valence-corrected chi connectivity index (χ2v) is 11.8. The van der Waals surface area contributed by atoms with Gasteiger partial charge in [-0.3, -0.25) is 4.57 Å². The highest BCUT2D eigenvalue weighted by Crippen LogP contribution is 2.61. The summed E-state index contributed by atoms with van der Waals surface area (Å²) in [5.74, 6) is -1.28. The molecule has 0 fully saturated rings. The standard InChI is InChI=1S/C21H28ClN2O6PS/c1-14(2)29-31(26,30-15(3)4)20(17-8-10-18(22)11-9-17)23-21(25)24-32(27,28)19-12-6-16(5)7-13-19/h6-15,20H,1-5H3,(H2,23,24,25). The van der Waals surface area contributed by atoms with Gasteiger partial charge in [0.15, 0.2) is 5.78 Å². The van der Waals surface area contributed by atoms with E-state index in [2.05, 4.69) is 5.32 Å². The molecule has 0 aliphatic rings. The summed E-state index contributed by atoms with van der Waals surface area (Å²) in [6, 6.07) is 11.2. The topological polar surface area (TPSA) is 111 Å². The molecule has 0 aromatic heterocycles. The molecule has 2 amide bonds. The molecule has 1 unspecified atom stereocenters. The molecule has 11 heteroatoms. The van der Waals surface area contributed by atoms with Gasteiger partial charge in [-0.2, -0.15) is 0 Å². The second-order valence-electron chi connectivity index (χ2n) is 7.69. The highest BCUT2D eigenvalue weighted by atomic mass is 35.5. The molecular weight excluding hydrogens is 475 g/mol. The number of nitrogens with one attached hydrogen (secondary N) is 2. The van der Waals surface area contributed by atoms with Gasteiger partial charge in [-0.15, -0.1) is 0 Å². The van der Waals surface area contributed by atoms with Gasteiger partial charge in [-0.1, -0.05) is 41.4 Å². The number of benzene rings is 2. The Morgan fingerprint density at radius 1 is 0.938 bits per heavy atom. The van der Waals surface area contributed by atoms with Gasteiger partial charge in [0, 0.05) is 5.02 Å². The molecule has 0 aliphatic heterocycles. The minimum Gasteiger partial charge on any atom is -0.319 e. The van der Waals surface area contributed by atoms with E-state index in [4.69, 9.17) is 20.6 Å². The minimum absolute atomic E-state index is 0.0821. The van der Waals surface area contributed by atoms with Crippen LogP contribution in [0.4, 0.5) is 4.79 Å². The molecule has 0 saturated carbocycles. The number of hydrogen-bond acceptors (Lipinski definition) is 6. The van der Waals surface area contributed by atoms with Crippen LogP contribution in [0.1, 0.15) is 44.6 Å². The third-order valence-corrected chi connectivity index (χ3v) is 8.13. The van der Waals surface area contributed by atoms with Crippen LogP contribution in [-0.2, 0) is 23.6 Å². The lowest BCUT2D eigenvalue weighted by Crippen LogP contribution is -2.41. The molecule has 2 N–H and O–H groups in total. The summed E-state index contributed by atoms with van der Waals surface area (Å²) in [5, 5.41) is 2.89. The third kappa shape index (κ3) is 7.32. The number of urea groups is 1. The van der Waals surface area contributed by atoms with Gasteiger partial charge in [-0.05, 0) is 64.4 Å². The Morgan fingerprint density at radius 3 is 1.91 bits per heavy atom. The van der Waals surface area contributed by atoms with Gasteiger partial charge in [-0.25, -0.2) is 17.9 Å². The first-order chi connectivity index (χ1) is 14.8. The highest BCUT2D eigenvalue weighted by Gasteiger charge is 2.41. The third-order valence-electron chi connectivity index (χ3n) is 4.04. The van der Waals surface area contributed by atoms with Crippen LogP contribution in [0.3, 0.4) is 0 Å². The van der Waals surface area contributed by atoms with E-state index in [9.17, 15) is 17.8 Å². The van der Waals surface area contributed by atoms with Crippen LogP contribution >= 0.6 is 19.2 Å². The Kier molecular flexibility index (Phi) is 8.90. The van der Waals surface area contributed by atoms with Crippen LogP contribution in [0.2, 0.25) is 5.02 Å².